The maximum Gasteiger partial charge on any atom is 0.413 e. The number of carbonyl (C=O) groups is 2. The Balaban J connectivity index is 1.39. The number of benzene rings is 1. The number of amides is 2. The molecule has 4 rings (SSSR count). The number of para-hydroxylation sites is 1. The summed E-state index contributed by atoms with van der Waals surface area (Å²) in [5, 5.41) is 3.63. The fourth-order valence-corrected chi connectivity index (χ4v) is 4.37. The van der Waals surface area contributed by atoms with Crippen molar-refractivity contribution >= 4 is 39.4 Å². The van der Waals surface area contributed by atoms with Gasteiger partial charge in [-0.2, -0.15) is 0 Å². The summed E-state index contributed by atoms with van der Waals surface area (Å²) in [7, 11) is 0. The van der Waals surface area contributed by atoms with Gasteiger partial charge in [0.15, 0.2) is 5.13 Å². The van der Waals surface area contributed by atoms with Gasteiger partial charge in [0.25, 0.3) is 5.56 Å². The van der Waals surface area contributed by atoms with Crippen LogP contribution in [0.3, 0.4) is 0 Å². The van der Waals surface area contributed by atoms with Gasteiger partial charge in [0, 0.05) is 30.8 Å². The van der Waals surface area contributed by atoms with E-state index in [1.807, 2.05) is 6.07 Å². The predicted octanol–water partition coefficient (Wildman–Crippen LogP) is 2.40. The Morgan fingerprint density at radius 3 is 2.97 bits per heavy atom. The number of nitrogens with zero attached hydrogens (tertiary/aromatic N) is 4. The van der Waals surface area contributed by atoms with E-state index in [-0.39, 0.29) is 31.0 Å². The summed E-state index contributed by atoms with van der Waals surface area (Å²) in [5.41, 5.74) is 1.39. The summed E-state index contributed by atoms with van der Waals surface area (Å²) < 4.78 is 6.34. The fraction of sp³-hybridized carbons (Fsp3) is 0.350. The Kier molecular flexibility index (Phi) is 5.75. The second-order valence-corrected chi connectivity index (χ2v) is 7.89. The average Bonchev–Trinajstić information content (AvgIpc) is 3.14. The maximum atomic E-state index is 12.7. The van der Waals surface area contributed by atoms with E-state index in [0.717, 1.165) is 10.6 Å². The smallest absolute Gasteiger partial charge is 0.413 e. The molecule has 0 unspecified atom stereocenters. The molecule has 1 aliphatic heterocycles. The monoisotopic (exact) mass is 427 g/mol. The first-order chi connectivity index (χ1) is 14.5. The predicted molar refractivity (Wildman–Crippen MR) is 112 cm³/mol. The van der Waals surface area contributed by atoms with E-state index in [2.05, 4.69) is 15.3 Å². The van der Waals surface area contributed by atoms with Crippen molar-refractivity contribution in [2.24, 2.45) is 0 Å². The summed E-state index contributed by atoms with van der Waals surface area (Å²) in [6.45, 7) is 3.30. The lowest BCUT2D eigenvalue weighted by atomic mass is 10.1. The van der Waals surface area contributed by atoms with Gasteiger partial charge in [-0.15, -0.1) is 0 Å². The Labute approximate surface area is 176 Å². The van der Waals surface area contributed by atoms with Gasteiger partial charge in [0.2, 0.25) is 5.91 Å². The number of aromatic nitrogens is 3. The SMILES string of the molecule is CCOC(=O)Nc1nc2c(s1)CN(C(=O)CCn1cnc3ccccc3c1=O)CC2. The van der Waals surface area contributed by atoms with Crippen molar-refractivity contribution in [2.45, 2.75) is 32.9 Å². The second kappa shape index (κ2) is 8.62. The van der Waals surface area contributed by atoms with Crippen LogP contribution in [0.15, 0.2) is 35.4 Å². The van der Waals surface area contributed by atoms with Crippen molar-refractivity contribution < 1.29 is 14.3 Å². The van der Waals surface area contributed by atoms with Gasteiger partial charge < -0.3 is 9.64 Å². The summed E-state index contributed by atoms with van der Waals surface area (Å²) in [4.78, 5) is 48.3. The molecule has 0 fully saturated rings. The first-order valence-electron chi connectivity index (χ1n) is 9.69. The summed E-state index contributed by atoms with van der Waals surface area (Å²) in [6, 6.07) is 7.16. The third-order valence-corrected chi connectivity index (χ3v) is 5.86. The molecule has 3 heterocycles. The third kappa shape index (κ3) is 4.18. The minimum atomic E-state index is -0.536. The van der Waals surface area contributed by atoms with Crippen LogP contribution < -0.4 is 10.9 Å². The first kappa shape index (κ1) is 20.0. The van der Waals surface area contributed by atoms with Crippen LogP contribution in [0.4, 0.5) is 9.93 Å². The molecule has 1 aromatic carbocycles. The highest BCUT2D eigenvalue weighted by Gasteiger charge is 2.24. The van der Waals surface area contributed by atoms with E-state index < -0.39 is 6.09 Å². The zero-order valence-corrected chi connectivity index (χ0v) is 17.3. The van der Waals surface area contributed by atoms with E-state index in [1.54, 1.807) is 30.0 Å². The van der Waals surface area contributed by atoms with Crippen molar-refractivity contribution in [3.05, 3.63) is 51.5 Å². The molecule has 0 bridgehead atoms. The molecule has 10 heteroatoms. The number of aryl methyl sites for hydroxylation is 1. The maximum absolute atomic E-state index is 12.7. The lowest BCUT2D eigenvalue weighted by Crippen LogP contribution is -2.36. The molecule has 0 atom stereocenters. The average molecular weight is 427 g/mol. The number of nitrogens with one attached hydrogen (secondary N) is 1. The van der Waals surface area contributed by atoms with Crippen molar-refractivity contribution in [1.82, 2.24) is 19.4 Å². The molecule has 2 aromatic heterocycles. The number of fused-ring (bicyclic) bond motifs is 2. The molecule has 30 heavy (non-hydrogen) atoms. The quantitative estimate of drug-likeness (QED) is 0.670. The van der Waals surface area contributed by atoms with Crippen molar-refractivity contribution in [1.29, 1.82) is 0 Å². The summed E-state index contributed by atoms with van der Waals surface area (Å²) in [6.07, 6.45) is 1.79. The summed E-state index contributed by atoms with van der Waals surface area (Å²) >= 11 is 1.35. The molecule has 0 saturated carbocycles. The lowest BCUT2D eigenvalue weighted by molar-refractivity contribution is -0.132. The van der Waals surface area contributed by atoms with Gasteiger partial charge in [-0.1, -0.05) is 23.5 Å². The van der Waals surface area contributed by atoms with Crippen LogP contribution in [0.2, 0.25) is 0 Å². The van der Waals surface area contributed by atoms with Gasteiger partial charge in [-0.05, 0) is 19.1 Å². The molecule has 1 aliphatic rings. The minimum absolute atomic E-state index is 0.0333. The topological polar surface area (TPSA) is 106 Å². The number of carbonyl (C=O) groups excluding carboxylic acids is 2. The fourth-order valence-electron chi connectivity index (χ4n) is 3.36. The number of thiazole rings is 1. The molecule has 9 nitrogen and oxygen atoms in total. The Morgan fingerprint density at radius 2 is 2.13 bits per heavy atom. The molecule has 2 amide bonds. The Hall–Kier alpha value is -3.27. The van der Waals surface area contributed by atoms with E-state index in [0.29, 0.717) is 35.5 Å². The van der Waals surface area contributed by atoms with Crippen LogP contribution >= 0.6 is 11.3 Å². The molecule has 0 saturated heterocycles. The van der Waals surface area contributed by atoms with Crippen LogP contribution in [0.1, 0.15) is 23.9 Å². The standard InChI is InChI=1S/C20H21N5O4S/c1-2-29-20(28)23-19-22-15-7-9-24(11-16(15)30-19)17(26)8-10-25-12-21-14-6-4-3-5-13(14)18(25)27/h3-6,12H,2,7-11H2,1H3,(H,22,23,28). The molecule has 1 N–H and O–H groups in total. The largest absolute Gasteiger partial charge is 0.450 e. The van der Waals surface area contributed by atoms with Crippen molar-refractivity contribution in [2.75, 3.05) is 18.5 Å². The Bertz CT molecular complexity index is 1160. The molecule has 0 spiro atoms. The van der Waals surface area contributed by atoms with Crippen LogP contribution in [-0.4, -0.2) is 44.6 Å². The Morgan fingerprint density at radius 1 is 1.30 bits per heavy atom. The highest BCUT2D eigenvalue weighted by molar-refractivity contribution is 7.15. The molecule has 3 aromatic rings. The molecular weight excluding hydrogens is 406 g/mol. The highest BCUT2D eigenvalue weighted by Crippen LogP contribution is 2.28. The zero-order chi connectivity index (χ0) is 21.1. The van der Waals surface area contributed by atoms with Crippen molar-refractivity contribution in [3.63, 3.8) is 0 Å². The van der Waals surface area contributed by atoms with E-state index in [4.69, 9.17) is 4.74 Å². The van der Waals surface area contributed by atoms with Gasteiger partial charge in [0.1, 0.15) is 0 Å². The highest BCUT2D eigenvalue weighted by atomic mass is 32.1. The minimum Gasteiger partial charge on any atom is -0.450 e. The van der Waals surface area contributed by atoms with Crippen LogP contribution in [0.5, 0.6) is 0 Å². The lowest BCUT2D eigenvalue weighted by Gasteiger charge is -2.26. The molecular formula is C20H21N5O4S. The van der Waals surface area contributed by atoms with Crippen molar-refractivity contribution in [3.8, 4) is 0 Å². The van der Waals surface area contributed by atoms with Gasteiger partial charge in [-0.3, -0.25) is 19.5 Å². The number of hydrogen-bond donors (Lipinski definition) is 1. The summed E-state index contributed by atoms with van der Waals surface area (Å²) in [5.74, 6) is -0.0333. The first-order valence-corrected chi connectivity index (χ1v) is 10.5. The van der Waals surface area contributed by atoms with E-state index in [9.17, 15) is 14.4 Å². The number of rotatable bonds is 5. The van der Waals surface area contributed by atoms with Crippen LogP contribution in [-0.2, 0) is 29.0 Å². The van der Waals surface area contributed by atoms with Crippen LogP contribution in [0.25, 0.3) is 10.9 Å². The number of ether oxygens (including phenoxy) is 1. The van der Waals surface area contributed by atoms with Gasteiger partial charge >= 0.3 is 6.09 Å². The molecule has 0 aliphatic carbocycles. The molecule has 156 valence electrons. The van der Waals surface area contributed by atoms with E-state index in [1.165, 1.54) is 22.2 Å². The van der Waals surface area contributed by atoms with Gasteiger partial charge in [-0.25, -0.2) is 14.8 Å². The van der Waals surface area contributed by atoms with Gasteiger partial charge in [0.05, 0.1) is 36.1 Å². The van der Waals surface area contributed by atoms with Crippen LogP contribution in [0, 0.1) is 0 Å². The number of anilines is 1. The van der Waals surface area contributed by atoms with E-state index >= 15 is 0 Å². The zero-order valence-electron chi connectivity index (χ0n) is 16.5. The molecule has 0 radical (unpaired) electrons. The number of hydrogen-bond acceptors (Lipinski definition) is 7. The normalized spacial score (nSPS) is 13.2. The third-order valence-electron chi connectivity index (χ3n) is 4.87. The second-order valence-electron chi connectivity index (χ2n) is 6.81.